The number of carbonyl (C=O) groups is 1. The molecule has 1 atom stereocenters. The number of aromatic nitrogens is 3. The van der Waals surface area contributed by atoms with Crippen LogP contribution in [0.2, 0.25) is 0 Å². The van der Waals surface area contributed by atoms with Crippen molar-refractivity contribution in [3.05, 3.63) is 67.1 Å². The number of aromatic amines is 1. The van der Waals surface area contributed by atoms with Crippen LogP contribution in [0.4, 0.5) is 27.3 Å². The third kappa shape index (κ3) is 5.03. The van der Waals surface area contributed by atoms with Crippen molar-refractivity contribution < 1.29 is 13.9 Å². The molecule has 2 aromatic heterocycles. The number of carbonyl (C=O) groups excluding carboxylic acids is 1. The molecule has 1 amide bonds. The molecule has 9 nitrogen and oxygen atoms in total. The Labute approximate surface area is 220 Å². The van der Waals surface area contributed by atoms with Crippen LogP contribution in [-0.2, 0) is 4.79 Å². The predicted octanol–water partition coefficient (Wildman–Crippen LogP) is 4.78. The lowest BCUT2D eigenvalue weighted by molar-refractivity contribution is -0.111. The quantitative estimate of drug-likeness (QED) is 0.291. The monoisotopic (exact) mass is 515 g/mol. The van der Waals surface area contributed by atoms with E-state index in [0.717, 1.165) is 36.1 Å². The largest absolute Gasteiger partial charge is 0.494 e. The smallest absolute Gasteiger partial charge is 0.247 e. The fourth-order valence-corrected chi connectivity index (χ4v) is 4.81. The number of halogens is 1. The minimum atomic E-state index is -0.334. The zero-order valence-electron chi connectivity index (χ0n) is 21.6. The van der Waals surface area contributed by atoms with Gasteiger partial charge in [-0.3, -0.25) is 9.89 Å². The Balaban J connectivity index is 1.52. The first-order chi connectivity index (χ1) is 18.4. The standard InChI is InChI=1S/C28H30FN7O2/c1-5-27(37)32-21-13-22(25(38-4)14-24(21)36(3)19-9-10-35(2)16-19)31-26-12-20-23(15-30-26)33-34-28(20)17-7-6-8-18(29)11-17/h5-8,11-15,19H,1,9-10,16H2,2-4H3,(H,30,31)(H,32,37)(H,33,34). The maximum absolute atomic E-state index is 13.9. The van der Waals surface area contributed by atoms with Crippen LogP contribution < -0.4 is 20.3 Å². The lowest BCUT2D eigenvalue weighted by Crippen LogP contribution is -2.34. The molecule has 5 rings (SSSR count). The van der Waals surface area contributed by atoms with Gasteiger partial charge in [-0.15, -0.1) is 0 Å². The van der Waals surface area contributed by atoms with E-state index in [4.69, 9.17) is 4.74 Å². The highest BCUT2D eigenvalue weighted by Crippen LogP contribution is 2.40. The molecule has 0 saturated carbocycles. The predicted molar refractivity (Wildman–Crippen MR) is 149 cm³/mol. The number of hydrogen-bond acceptors (Lipinski definition) is 7. The van der Waals surface area contributed by atoms with Crippen molar-refractivity contribution >= 4 is 39.7 Å². The lowest BCUT2D eigenvalue weighted by Gasteiger charge is -2.29. The second-order valence-corrected chi connectivity index (χ2v) is 9.40. The van der Waals surface area contributed by atoms with E-state index >= 15 is 0 Å². The van der Waals surface area contributed by atoms with Crippen LogP contribution in [0.3, 0.4) is 0 Å². The molecule has 1 aliphatic heterocycles. The fourth-order valence-electron chi connectivity index (χ4n) is 4.81. The van der Waals surface area contributed by atoms with E-state index in [9.17, 15) is 9.18 Å². The normalized spacial score (nSPS) is 15.4. The Hall–Kier alpha value is -4.44. The number of fused-ring (bicyclic) bond motifs is 1. The lowest BCUT2D eigenvalue weighted by atomic mass is 10.1. The number of likely N-dealkylation sites (N-methyl/N-ethyl adjacent to an activating group) is 2. The minimum Gasteiger partial charge on any atom is -0.494 e. The van der Waals surface area contributed by atoms with Crippen LogP contribution in [0.1, 0.15) is 6.42 Å². The molecule has 1 fully saturated rings. The highest BCUT2D eigenvalue weighted by atomic mass is 19.1. The van der Waals surface area contributed by atoms with Gasteiger partial charge in [-0.1, -0.05) is 18.7 Å². The van der Waals surface area contributed by atoms with Crippen molar-refractivity contribution in [2.45, 2.75) is 12.5 Å². The number of nitrogens with zero attached hydrogens (tertiary/aromatic N) is 4. The van der Waals surface area contributed by atoms with Crippen molar-refractivity contribution in [1.82, 2.24) is 20.1 Å². The Bertz CT molecular complexity index is 1500. The van der Waals surface area contributed by atoms with Crippen molar-refractivity contribution in [3.63, 3.8) is 0 Å². The summed E-state index contributed by atoms with van der Waals surface area (Å²) in [6, 6.07) is 12.2. The van der Waals surface area contributed by atoms with Crippen molar-refractivity contribution in [3.8, 4) is 17.0 Å². The highest BCUT2D eigenvalue weighted by molar-refractivity contribution is 6.02. The van der Waals surface area contributed by atoms with Crippen LogP contribution in [0.25, 0.3) is 22.2 Å². The Kier molecular flexibility index (Phi) is 6.97. The van der Waals surface area contributed by atoms with Gasteiger partial charge in [0, 0.05) is 36.7 Å². The molecule has 0 spiro atoms. The maximum Gasteiger partial charge on any atom is 0.247 e. The Morgan fingerprint density at radius 2 is 2.13 bits per heavy atom. The van der Waals surface area contributed by atoms with Gasteiger partial charge < -0.3 is 25.2 Å². The average molecular weight is 516 g/mol. The molecular formula is C28H30FN7O2. The summed E-state index contributed by atoms with van der Waals surface area (Å²) in [6.45, 7) is 5.53. The van der Waals surface area contributed by atoms with Gasteiger partial charge in [0.25, 0.3) is 0 Å². The molecule has 38 heavy (non-hydrogen) atoms. The zero-order chi connectivity index (χ0) is 26.8. The number of hydrogen-bond donors (Lipinski definition) is 3. The molecule has 1 unspecified atom stereocenters. The van der Waals surface area contributed by atoms with E-state index in [0.29, 0.717) is 40.2 Å². The fraction of sp³-hybridized carbons (Fsp3) is 0.250. The van der Waals surface area contributed by atoms with Gasteiger partial charge in [0.1, 0.15) is 23.1 Å². The highest BCUT2D eigenvalue weighted by Gasteiger charge is 2.26. The Morgan fingerprint density at radius 3 is 2.84 bits per heavy atom. The summed E-state index contributed by atoms with van der Waals surface area (Å²) in [5, 5.41) is 14.4. The second kappa shape index (κ2) is 10.5. The summed E-state index contributed by atoms with van der Waals surface area (Å²) in [5.74, 6) is 0.486. The summed E-state index contributed by atoms with van der Waals surface area (Å²) in [4.78, 5) is 21.3. The number of nitrogens with one attached hydrogen (secondary N) is 3. The molecule has 0 bridgehead atoms. The molecule has 1 saturated heterocycles. The first-order valence-corrected chi connectivity index (χ1v) is 12.3. The molecule has 0 radical (unpaired) electrons. The third-order valence-corrected chi connectivity index (χ3v) is 6.86. The van der Waals surface area contributed by atoms with Gasteiger partial charge in [0.15, 0.2) is 0 Å². The van der Waals surface area contributed by atoms with Gasteiger partial charge in [-0.2, -0.15) is 5.10 Å². The van der Waals surface area contributed by atoms with E-state index in [1.165, 1.54) is 18.2 Å². The second-order valence-electron chi connectivity index (χ2n) is 9.40. The molecule has 3 N–H and O–H groups in total. The van der Waals surface area contributed by atoms with E-state index in [2.05, 4.69) is 49.2 Å². The number of amides is 1. The molecule has 4 aromatic rings. The van der Waals surface area contributed by atoms with Crippen molar-refractivity contribution in [2.75, 3.05) is 49.8 Å². The first-order valence-electron chi connectivity index (χ1n) is 12.3. The zero-order valence-corrected chi connectivity index (χ0v) is 21.6. The van der Waals surface area contributed by atoms with E-state index < -0.39 is 0 Å². The first kappa shape index (κ1) is 25.2. The van der Waals surface area contributed by atoms with E-state index in [-0.39, 0.29) is 11.7 Å². The summed E-state index contributed by atoms with van der Waals surface area (Å²) >= 11 is 0. The molecule has 196 valence electrons. The molecule has 0 aliphatic carbocycles. The summed E-state index contributed by atoms with van der Waals surface area (Å²) in [6.07, 6.45) is 3.93. The van der Waals surface area contributed by atoms with Crippen LogP contribution >= 0.6 is 0 Å². The van der Waals surface area contributed by atoms with Crippen LogP contribution in [-0.4, -0.2) is 66.3 Å². The Morgan fingerprint density at radius 1 is 1.29 bits per heavy atom. The number of H-pyrrole nitrogens is 1. The summed E-state index contributed by atoms with van der Waals surface area (Å²) in [5.41, 5.74) is 4.09. The minimum absolute atomic E-state index is 0.300. The summed E-state index contributed by atoms with van der Waals surface area (Å²) in [7, 11) is 5.73. The van der Waals surface area contributed by atoms with Gasteiger partial charge in [0.05, 0.1) is 35.9 Å². The average Bonchev–Trinajstić information content (AvgIpc) is 3.54. The van der Waals surface area contributed by atoms with Crippen molar-refractivity contribution in [2.24, 2.45) is 0 Å². The van der Waals surface area contributed by atoms with Gasteiger partial charge in [0.2, 0.25) is 5.91 Å². The molecule has 3 heterocycles. The molecule has 1 aliphatic rings. The number of benzene rings is 2. The van der Waals surface area contributed by atoms with Crippen molar-refractivity contribution in [1.29, 1.82) is 0 Å². The SMILES string of the molecule is C=CC(=O)Nc1cc(Nc2cc3c(-c4cccc(F)c4)n[nH]c3cn2)c(OC)cc1N(C)C1CCN(C)C1. The number of rotatable bonds is 8. The third-order valence-electron chi connectivity index (χ3n) is 6.86. The number of anilines is 4. The molecular weight excluding hydrogens is 485 g/mol. The number of methoxy groups -OCH3 is 1. The van der Waals surface area contributed by atoms with Gasteiger partial charge >= 0.3 is 0 Å². The number of pyridine rings is 1. The molecule has 2 aromatic carbocycles. The molecule has 10 heteroatoms. The summed E-state index contributed by atoms with van der Waals surface area (Å²) < 4.78 is 19.6. The number of ether oxygens (including phenoxy) is 1. The number of likely N-dealkylation sites (tertiary alicyclic amines) is 1. The van der Waals surface area contributed by atoms with Crippen LogP contribution in [0, 0.1) is 5.82 Å². The van der Waals surface area contributed by atoms with E-state index in [1.54, 1.807) is 25.4 Å². The van der Waals surface area contributed by atoms with Gasteiger partial charge in [-0.25, -0.2) is 9.37 Å². The van der Waals surface area contributed by atoms with E-state index in [1.807, 2.05) is 25.2 Å². The maximum atomic E-state index is 13.9. The van der Waals surface area contributed by atoms with Gasteiger partial charge in [-0.05, 0) is 50.4 Å². The topological polar surface area (TPSA) is 98.4 Å². The van der Waals surface area contributed by atoms with Crippen LogP contribution in [0.5, 0.6) is 5.75 Å². The van der Waals surface area contributed by atoms with Crippen LogP contribution in [0.15, 0.2) is 61.3 Å².